The highest BCUT2D eigenvalue weighted by molar-refractivity contribution is 7.14. The summed E-state index contributed by atoms with van der Waals surface area (Å²) in [6.45, 7) is 0.416. The van der Waals surface area contributed by atoms with Crippen LogP contribution in [0, 0.1) is 0 Å². The molecule has 2 aromatic carbocycles. The molecule has 2 aromatic heterocycles. The van der Waals surface area contributed by atoms with Crippen molar-refractivity contribution in [3.8, 4) is 22.8 Å². The van der Waals surface area contributed by atoms with Crippen LogP contribution in [0.3, 0.4) is 0 Å². The molecule has 0 radical (unpaired) electrons. The minimum atomic E-state index is -0.265. The second-order valence-electron chi connectivity index (χ2n) is 6.37. The van der Waals surface area contributed by atoms with E-state index in [4.69, 9.17) is 9.47 Å². The van der Waals surface area contributed by atoms with E-state index in [-0.39, 0.29) is 5.91 Å². The van der Waals surface area contributed by atoms with Crippen LogP contribution in [0.15, 0.2) is 78.4 Å². The van der Waals surface area contributed by atoms with Crippen LogP contribution in [0.1, 0.15) is 15.9 Å². The molecular weight excluding hydrogens is 398 g/mol. The highest BCUT2D eigenvalue weighted by Gasteiger charge is 2.14. The number of pyridine rings is 1. The third kappa shape index (κ3) is 4.64. The lowest BCUT2D eigenvalue weighted by molar-refractivity contribution is 0.102. The number of hydrogen-bond donors (Lipinski definition) is 1. The predicted octanol–water partition coefficient (Wildman–Crippen LogP) is 5.05. The summed E-state index contributed by atoms with van der Waals surface area (Å²) < 4.78 is 11.3. The Bertz CT molecular complexity index is 1130. The Hall–Kier alpha value is -3.71. The predicted molar refractivity (Wildman–Crippen MR) is 117 cm³/mol. The Morgan fingerprint density at radius 3 is 2.60 bits per heavy atom. The van der Waals surface area contributed by atoms with E-state index < -0.39 is 0 Å². The van der Waals surface area contributed by atoms with Crippen molar-refractivity contribution in [3.05, 3.63) is 89.6 Å². The first-order valence-electron chi connectivity index (χ1n) is 9.25. The Kier molecular flexibility index (Phi) is 6.01. The molecule has 0 fully saturated rings. The number of methoxy groups -OCH3 is 1. The second kappa shape index (κ2) is 9.19. The molecule has 0 saturated heterocycles. The number of anilines is 1. The third-order valence-corrected chi connectivity index (χ3v) is 5.12. The lowest BCUT2D eigenvalue weighted by atomic mass is 10.2. The molecule has 0 aliphatic rings. The Morgan fingerprint density at radius 2 is 1.83 bits per heavy atom. The molecule has 1 N–H and O–H groups in total. The van der Waals surface area contributed by atoms with Gasteiger partial charge in [0.25, 0.3) is 5.91 Å². The van der Waals surface area contributed by atoms with Crippen LogP contribution in [0.5, 0.6) is 11.5 Å². The normalized spacial score (nSPS) is 10.4. The molecule has 2 heterocycles. The van der Waals surface area contributed by atoms with Crippen LogP contribution in [0.25, 0.3) is 11.3 Å². The Labute approximate surface area is 178 Å². The fourth-order valence-electron chi connectivity index (χ4n) is 2.82. The molecule has 30 heavy (non-hydrogen) atoms. The fourth-order valence-corrected chi connectivity index (χ4v) is 3.53. The van der Waals surface area contributed by atoms with Gasteiger partial charge >= 0.3 is 0 Å². The topological polar surface area (TPSA) is 73.3 Å². The van der Waals surface area contributed by atoms with Crippen molar-refractivity contribution in [2.75, 3.05) is 12.4 Å². The second-order valence-corrected chi connectivity index (χ2v) is 7.23. The molecule has 0 saturated carbocycles. The minimum absolute atomic E-state index is 0.265. The minimum Gasteiger partial charge on any atom is -0.493 e. The zero-order valence-electron chi connectivity index (χ0n) is 16.2. The van der Waals surface area contributed by atoms with Crippen molar-refractivity contribution >= 4 is 22.4 Å². The molecule has 4 rings (SSSR count). The van der Waals surface area contributed by atoms with Crippen molar-refractivity contribution in [1.29, 1.82) is 0 Å². The first-order valence-corrected chi connectivity index (χ1v) is 10.1. The Balaban J connectivity index is 1.44. The van der Waals surface area contributed by atoms with Gasteiger partial charge in [0.15, 0.2) is 16.6 Å². The van der Waals surface area contributed by atoms with Gasteiger partial charge < -0.3 is 9.47 Å². The maximum atomic E-state index is 12.7. The van der Waals surface area contributed by atoms with E-state index in [0.717, 1.165) is 16.8 Å². The number of nitrogens with zero attached hydrogens (tertiary/aromatic N) is 2. The average molecular weight is 417 g/mol. The van der Waals surface area contributed by atoms with E-state index in [1.54, 1.807) is 37.7 Å². The summed E-state index contributed by atoms with van der Waals surface area (Å²) in [7, 11) is 1.55. The first-order chi connectivity index (χ1) is 14.7. The smallest absolute Gasteiger partial charge is 0.257 e. The van der Waals surface area contributed by atoms with Crippen molar-refractivity contribution in [1.82, 2.24) is 9.97 Å². The number of rotatable bonds is 7. The highest BCUT2D eigenvalue weighted by Crippen LogP contribution is 2.30. The summed E-state index contributed by atoms with van der Waals surface area (Å²) in [6.07, 6.45) is 3.42. The molecule has 0 aliphatic heterocycles. The lowest BCUT2D eigenvalue weighted by Crippen LogP contribution is -2.12. The number of ether oxygens (including phenoxy) is 2. The summed E-state index contributed by atoms with van der Waals surface area (Å²) in [5.74, 6) is 0.806. The van der Waals surface area contributed by atoms with Crippen LogP contribution >= 0.6 is 11.3 Å². The van der Waals surface area contributed by atoms with Gasteiger partial charge in [0.05, 0.1) is 12.8 Å². The van der Waals surface area contributed by atoms with Crippen LogP contribution in [0.4, 0.5) is 5.13 Å². The number of aromatic nitrogens is 2. The van der Waals surface area contributed by atoms with Crippen molar-refractivity contribution in [2.24, 2.45) is 0 Å². The van der Waals surface area contributed by atoms with Crippen LogP contribution in [-0.2, 0) is 6.61 Å². The summed E-state index contributed by atoms with van der Waals surface area (Å²) >= 11 is 1.37. The first kappa shape index (κ1) is 19.6. The maximum absolute atomic E-state index is 12.7. The molecule has 0 aliphatic carbocycles. The van der Waals surface area contributed by atoms with Gasteiger partial charge in [-0.1, -0.05) is 30.3 Å². The maximum Gasteiger partial charge on any atom is 0.257 e. The largest absolute Gasteiger partial charge is 0.493 e. The lowest BCUT2D eigenvalue weighted by Gasteiger charge is -2.12. The number of hydrogen-bond acceptors (Lipinski definition) is 6. The number of nitrogens with one attached hydrogen (secondary N) is 1. The zero-order valence-corrected chi connectivity index (χ0v) is 17.1. The van der Waals surface area contributed by atoms with E-state index >= 15 is 0 Å². The molecular formula is C23H19N3O3S. The van der Waals surface area contributed by atoms with Gasteiger partial charge in [0, 0.05) is 28.9 Å². The summed E-state index contributed by atoms with van der Waals surface area (Å²) in [5.41, 5.74) is 3.25. The number of carbonyl (C=O) groups excluding carboxylic acids is 1. The zero-order chi connectivity index (χ0) is 20.8. The van der Waals surface area contributed by atoms with Crippen molar-refractivity contribution < 1.29 is 14.3 Å². The van der Waals surface area contributed by atoms with E-state index in [1.165, 1.54) is 11.3 Å². The Morgan fingerprint density at radius 1 is 1.03 bits per heavy atom. The average Bonchev–Trinajstić information content (AvgIpc) is 3.27. The number of amides is 1. The van der Waals surface area contributed by atoms with Gasteiger partial charge in [0.2, 0.25) is 0 Å². The number of benzene rings is 2. The van der Waals surface area contributed by atoms with E-state index in [1.807, 2.05) is 47.8 Å². The molecule has 0 bridgehead atoms. The third-order valence-electron chi connectivity index (χ3n) is 4.36. The van der Waals surface area contributed by atoms with Gasteiger partial charge in [-0.2, -0.15) is 0 Å². The quantitative estimate of drug-likeness (QED) is 0.456. The summed E-state index contributed by atoms with van der Waals surface area (Å²) in [6, 6.07) is 18.7. The molecule has 0 atom stereocenters. The van der Waals surface area contributed by atoms with Crippen molar-refractivity contribution in [2.45, 2.75) is 6.61 Å². The van der Waals surface area contributed by atoms with Crippen molar-refractivity contribution in [3.63, 3.8) is 0 Å². The summed E-state index contributed by atoms with van der Waals surface area (Å²) in [5, 5.41) is 5.25. The molecule has 1 amide bonds. The molecule has 6 nitrogen and oxygen atoms in total. The van der Waals surface area contributed by atoms with Gasteiger partial charge in [0.1, 0.15) is 6.61 Å². The van der Waals surface area contributed by atoms with Gasteiger partial charge in [-0.25, -0.2) is 4.98 Å². The van der Waals surface area contributed by atoms with E-state index in [9.17, 15) is 4.79 Å². The van der Waals surface area contributed by atoms with Crippen LogP contribution in [0.2, 0.25) is 0 Å². The van der Waals surface area contributed by atoms with Gasteiger partial charge in [-0.3, -0.25) is 15.1 Å². The van der Waals surface area contributed by atoms with Crippen LogP contribution < -0.4 is 14.8 Å². The highest BCUT2D eigenvalue weighted by atomic mass is 32.1. The van der Waals surface area contributed by atoms with Crippen LogP contribution in [-0.4, -0.2) is 23.0 Å². The standard InChI is InChI=1S/C23H19N3O3S/c1-28-21-13-18(7-8-20(21)29-14-16-5-3-2-4-6-16)22(27)26-23-25-19(15-30-23)17-9-11-24-12-10-17/h2-13,15H,14H2,1H3,(H,25,26,27). The molecule has 0 unspecified atom stereocenters. The SMILES string of the molecule is COc1cc(C(=O)Nc2nc(-c3ccncc3)cs2)ccc1OCc1ccccc1. The van der Waals surface area contributed by atoms with Gasteiger partial charge in [-0.05, 0) is 35.9 Å². The van der Waals surface area contributed by atoms with E-state index in [0.29, 0.717) is 28.8 Å². The fraction of sp³-hybridized carbons (Fsp3) is 0.0870. The summed E-state index contributed by atoms with van der Waals surface area (Å²) in [4.78, 5) is 21.1. The number of thiazole rings is 1. The molecule has 4 aromatic rings. The molecule has 0 spiro atoms. The molecule has 7 heteroatoms. The molecule has 150 valence electrons. The monoisotopic (exact) mass is 417 g/mol. The number of carbonyl (C=O) groups is 1. The van der Waals surface area contributed by atoms with E-state index in [2.05, 4.69) is 15.3 Å². The van der Waals surface area contributed by atoms with Gasteiger partial charge in [-0.15, -0.1) is 11.3 Å².